The largest absolute Gasteiger partial charge is 0.505 e. The Morgan fingerprint density at radius 1 is 1.03 bits per heavy atom. The van der Waals surface area contributed by atoms with Gasteiger partial charge in [-0.2, -0.15) is 0 Å². The Morgan fingerprint density at radius 3 is 2.33 bits per heavy atom. The lowest BCUT2D eigenvalue weighted by atomic mass is 9.96. The predicted octanol–water partition coefficient (Wildman–Crippen LogP) is 4.02. The van der Waals surface area contributed by atoms with Crippen LogP contribution in [0.15, 0.2) is 53.5 Å². The molecule has 0 radical (unpaired) electrons. The molecule has 0 aliphatic carbocycles. The fraction of sp³-hybridized carbons (Fsp3) is 0.240. The maximum atomic E-state index is 12.7. The van der Waals surface area contributed by atoms with Crippen LogP contribution in [0.3, 0.4) is 0 Å². The molecule has 3 aromatic rings. The number of anilines is 1. The van der Waals surface area contributed by atoms with E-state index in [4.69, 9.17) is 0 Å². The number of hydrogen-bond donors (Lipinski definition) is 4. The summed E-state index contributed by atoms with van der Waals surface area (Å²) in [5.41, 5.74) is 4.25. The van der Waals surface area contributed by atoms with Crippen LogP contribution in [-0.4, -0.2) is 26.8 Å². The van der Waals surface area contributed by atoms with Gasteiger partial charge in [-0.15, -0.1) is 0 Å². The van der Waals surface area contributed by atoms with E-state index in [0.29, 0.717) is 11.1 Å². The van der Waals surface area contributed by atoms with Gasteiger partial charge in [0.1, 0.15) is 5.75 Å². The highest BCUT2D eigenvalue weighted by molar-refractivity contribution is 5.91. The molecule has 4 N–H and O–H groups in total. The van der Waals surface area contributed by atoms with Gasteiger partial charge in [0.2, 0.25) is 0 Å². The van der Waals surface area contributed by atoms with Crippen molar-refractivity contribution in [1.82, 2.24) is 9.88 Å². The Balaban J connectivity index is 1.90. The average molecular weight is 450 g/mol. The normalized spacial score (nSPS) is 11.6. The number of amides is 2. The molecule has 0 bridgehead atoms. The van der Waals surface area contributed by atoms with Crippen molar-refractivity contribution in [2.24, 2.45) is 7.05 Å². The van der Waals surface area contributed by atoms with Gasteiger partial charge in [-0.25, -0.2) is 4.79 Å². The number of carboxylic acid groups (broad SMARTS) is 1. The van der Waals surface area contributed by atoms with Crippen molar-refractivity contribution in [2.75, 3.05) is 5.32 Å². The number of rotatable bonds is 6. The quantitative estimate of drug-likeness (QED) is 0.453. The first-order chi connectivity index (χ1) is 15.5. The number of nitrogens with zero attached hydrogens (tertiary/aromatic N) is 1. The number of aromatic hydroxyl groups is 1. The Morgan fingerprint density at radius 2 is 1.70 bits per heavy atom. The Kier molecular flexibility index (Phi) is 6.86. The molecule has 2 amide bonds. The number of carboxylic acids is 1. The second-order valence-corrected chi connectivity index (χ2v) is 8.20. The van der Waals surface area contributed by atoms with Gasteiger partial charge >= 0.3 is 12.0 Å². The number of aromatic nitrogens is 1. The fourth-order valence-electron chi connectivity index (χ4n) is 3.81. The third-order valence-corrected chi connectivity index (χ3v) is 5.30. The van der Waals surface area contributed by atoms with E-state index in [-0.39, 0.29) is 17.9 Å². The van der Waals surface area contributed by atoms with Gasteiger partial charge in [-0.3, -0.25) is 9.59 Å². The van der Waals surface area contributed by atoms with E-state index in [2.05, 4.69) is 16.7 Å². The van der Waals surface area contributed by atoms with Crippen molar-refractivity contribution < 1.29 is 19.8 Å². The highest BCUT2D eigenvalue weighted by Crippen LogP contribution is 2.27. The highest BCUT2D eigenvalue weighted by Gasteiger charge is 2.21. The molecule has 3 rings (SSSR count). The van der Waals surface area contributed by atoms with Crippen LogP contribution in [0, 0.1) is 20.8 Å². The van der Waals surface area contributed by atoms with Crippen molar-refractivity contribution in [3.05, 3.63) is 81.3 Å². The molecular weight excluding hydrogens is 422 g/mol. The maximum Gasteiger partial charge on any atom is 0.319 e. The van der Waals surface area contributed by atoms with E-state index in [9.17, 15) is 24.6 Å². The van der Waals surface area contributed by atoms with Crippen LogP contribution in [0.2, 0.25) is 0 Å². The molecule has 0 saturated carbocycles. The molecule has 33 heavy (non-hydrogen) atoms. The van der Waals surface area contributed by atoms with E-state index < -0.39 is 23.6 Å². The van der Waals surface area contributed by atoms with Crippen LogP contribution in [0.4, 0.5) is 10.5 Å². The van der Waals surface area contributed by atoms with Crippen LogP contribution >= 0.6 is 0 Å². The van der Waals surface area contributed by atoms with E-state index in [1.54, 1.807) is 19.1 Å². The molecule has 0 unspecified atom stereocenters. The average Bonchev–Trinajstić information content (AvgIpc) is 2.74. The predicted molar refractivity (Wildman–Crippen MR) is 127 cm³/mol. The molecule has 0 fully saturated rings. The van der Waals surface area contributed by atoms with Gasteiger partial charge in [0.05, 0.1) is 12.5 Å². The third kappa shape index (κ3) is 5.60. The molecule has 0 aliphatic heterocycles. The number of carbonyl (C=O) groups excluding carboxylic acids is 1. The standard InChI is InChI=1S/C25H27N3O5/c1-14-8-15(2)10-19(9-14)17-6-5-7-18(11-17)20(12-21(29)30)26-25(33)27-22-23(31)16(3)13-28(4)24(22)32/h5-11,13,20,31H,12H2,1-4H3,(H,29,30)(H2,26,27,33)/t20-/m0/s1. The summed E-state index contributed by atoms with van der Waals surface area (Å²) in [5, 5.41) is 24.6. The van der Waals surface area contributed by atoms with Crippen LogP contribution in [0.25, 0.3) is 11.1 Å². The van der Waals surface area contributed by atoms with Crippen LogP contribution in [-0.2, 0) is 11.8 Å². The fourth-order valence-corrected chi connectivity index (χ4v) is 3.81. The molecule has 1 heterocycles. The van der Waals surface area contributed by atoms with Crippen molar-refractivity contribution >= 4 is 17.7 Å². The Hall–Kier alpha value is -4.07. The number of nitrogens with one attached hydrogen (secondary N) is 2. The van der Waals surface area contributed by atoms with Crippen molar-refractivity contribution in [1.29, 1.82) is 0 Å². The minimum Gasteiger partial charge on any atom is -0.505 e. The number of hydrogen-bond acceptors (Lipinski definition) is 4. The van der Waals surface area contributed by atoms with Gasteiger partial charge in [0.15, 0.2) is 5.69 Å². The SMILES string of the molecule is Cc1cc(C)cc(-c2cccc([C@H](CC(=O)O)NC(=O)Nc3c(O)c(C)cn(C)c3=O)c2)c1. The lowest BCUT2D eigenvalue weighted by Gasteiger charge is -2.19. The van der Waals surface area contributed by atoms with Gasteiger partial charge in [0.25, 0.3) is 5.56 Å². The van der Waals surface area contributed by atoms with Crippen LogP contribution < -0.4 is 16.2 Å². The van der Waals surface area contributed by atoms with Crippen LogP contribution in [0.1, 0.15) is 34.7 Å². The molecule has 0 saturated heterocycles. The van der Waals surface area contributed by atoms with Crippen molar-refractivity contribution in [3.63, 3.8) is 0 Å². The summed E-state index contributed by atoms with van der Waals surface area (Å²) in [6.45, 7) is 5.61. The molecular formula is C25H27N3O5. The van der Waals surface area contributed by atoms with Crippen molar-refractivity contribution in [3.8, 4) is 16.9 Å². The van der Waals surface area contributed by atoms with E-state index in [1.165, 1.54) is 17.8 Å². The number of carbonyl (C=O) groups is 2. The summed E-state index contributed by atoms with van der Waals surface area (Å²) in [5.74, 6) is -1.42. The van der Waals surface area contributed by atoms with E-state index >= 15 is 0 Å². The molecule has 1 aromatic heterocycles. The van der Waals surface area contributed by atoms with Gasteiger partial charge < -0.3 is 25.4 Å². The maximum absolute atomic E-state index is 12.7. The topological polar surface area (TPSA) is 121 Å². The smallest absolute Gasteiger partial charge is 0.319 e. The summed E-state index contributed by atoms with van der Waals surface area (Å²) in [4.78, 5) is 36.5. The van der Waals surface area contributed by atoms with Gasteiger partial charge in [-0.05, 0) is 43.5 Å². The molecule has 2 aromatic carbocycles. The lowest BCUT2D eigenvalue weighted by Crippen LogP contribution is -2.36. The molecule has 8 nitrogen and oxygen atoms in total. The summed E-state index contributed by atoms with van der Waals surface area (Å²) < 4.78 is 1.24. The van der Waals surface area contributed by atoms with Crippen molar-refractivity contribution in [2.45, 2.75) is 33.2 Å². The number of pyridine rings is 1. The highest BCUT2D eigenvalue weighted by atomic mass is 16.4. The number of urea groups is 1. The third-order valence-electron chi connectivity index (χ3n) is 5.30. The molecule has 0 aliphatic rings. The van der Waals surface area contributed by atoms with Gasteiger partial charge in [-0.1, -0.05) is 47.5 Å². The molecule has 0 spiro atoms. The minimum atomic E-state index is -1.09. The lowest BCUT2D eigenvalue weighted by molar-refractivity contribution is -0.137. The zero-order chi connectivity index (χ0) is 24.3. The monoisotopic (exact) mass is 449 g/mol. The first kappa shape index (κ1) is 23.6. The summed E-state index contributed by atoms with van der Waals surface area (Å²) in [6, 6.07) is 11.8. The number of aryl methyl sites for hydroxylation is 4. The number of benzene rings is 2. The molecule has 172 valence electrons. The Bertz CT molecular complexity index is 1260. The summed E-state index contributed by atoms with van der Waals surface area (Å²) in [7, 11) is 1.50. The first-order valence-electron chi connectivity index (χ1n) is 10.4. The molecule has 8 heteroatoms. The second-order valence-electron chi connectivity index (χ2n) is 8.20. The minimum absolute atomic E-state index is 0.270. The zero-order valence-electron chi connectivity index (χ0n) is 19.0. The summed E-state index contributed by atoms with van der Waals surface area (Å²) >= 11 is 0. The van der Waals surface area contributed by atoms with Crippen LogP contribution in [0.5, 0.6) is 5.75 Å². The van der Waals surface area contributed by atoms with Gasteiger partial charge in [0, 0.05) is 18.8 Å². The first-order valence-corrected chi connectivity index (χ1v) is 10.4. The Labute approximate surface area is 191 Å². The van der Waals surface area contributed by atoms with E-state index in [0.717, 1.165) is 22.3 Å². The number of aliphatic carboxylic acids is 1. The second kappa shape index (κ2) is 9.60. The molecule has 1 atom stereocenters. The zero-order valence-corrected chi connectivity index (χ0v) is 19.0. The van der Waals surface area contributed by atoms with E-state index in [1.807, 2.05) is 38.1 Å². The summed E-state index contributed by atoms with van der Waals surface area (Å²) in [6.07, 6.45) is 1.09.